The average molecular weight is 256 g/mol. The van der Waals surface area contributed by atoms with Crippen molar-refractivity contribution in [2.24, 2.45) is 10.9 Å². The topological polar surface area (TPSA) is 67.8 Å². The first-order chi connectivity index (χ1) is 9.11. The van der Waals surface area contributed by atoms with E-state index in [1.807, 2.05) is 50.2 Å². The van der Waals surface area contributed by atoms with E-state index in [-0.39, 0.29) is 5.84 Å². The summed E-state index contributed by atoms with van der Waals surface area (Å²) >= 11 is 0. The summed E-state index contributed by atoms with van der Waals surface area (Å²) in [5, 5.41) is 11.9. The lowest BCUT2D eigenvalue weighted by molar-refractivity contribution is 0.318. The van der Waals surface area contributed by atoms with E-state index in [0.29, 0.717) is 11.3 Å². The molecule has 2 aromatic carbocycles. The first-order valence-corrected chi connectivity index (χ1v) is 5.94. The van der Waals surface area contributed by atoms with Gasteiger partial charge in [-0.05, 0) is 43.2 Å². The highest BCUT2D eigenvalue weighted by Gasteiger charge is 2.11. The number of aryl methyl sites for hydroxylation is 2. The Balaban J connectivity index is 2.44. The Labute approximate surface area is 112 Å². The molecule has 0 amide bonds. The standard InChI is InChI=1S/C15H16N2O2/c1-10-5-3-7-12(9-10)19-14-11(2)6-4-8-13(14)15(16)17-18/h3-9,18H,1-2H3,(H2,16,17). The van der Waals surface area contributed by atoms with Gasteiger partial charge in [0.2, 0.25) is 0 Å². The lowest BCUT2D eigenvalue weighted by Gasteiger charge is -2.13. The van der Waals surface area contributed by atoms with Gasteiger partial charge in [-0.1, -0.05) is 29.4 Å². The quantitative estimate of drug-likeness (QED) is 0.383. The third-order valence-corrected chi connectivity index (χ3v) is 2.81. The van der Waals surface area contributed by atoms with Gasteiger partial charge in [0.25, 0.3) is 0 Å². The van der Waals surface area contributed by atoms with Gasteiger partial charge in [0.1, 0.15) is 11.5 Å². The van der Waals surface area contributed by atoms with Crippen LogP contribution in [0, 0.1) is 13.8 Å². The van der Waals surface area contributed by atoms with Gasteiger partial charge < -0.3 is 15.7 Å². The highest BCUT2D eigenvalue weighted by Crippen LogP contribution is 2.29. The molecule has 2 aromatic rings. The Morgan fingerprint density at radius 1 is 1.16 bits per heavy atom. The maximum Gasteiger partial charge on any atom is 0.173 e. The molecule has 0 unspecified atom stereocenters. The van der Waals surface area contributed by atoms with Crippen LogP contribution in [0.1, 0.15) is 16.7 Å². The Morgan fingerprint density at radius 2 is 1.89 bits per heavy atom. The van der Waals surface area contributed by atoms with E-state index in [9.17, 15) is 0 Å². The van der Waals surface area contributed by atoms with Crippen LogP contribution in [0.2, 0.25) is 0 Å². The molecule has 0 aromatic heterocycles. The lowest BCUT2D eigenvalue weighted by atomic mass is 10.1. The molecule has 0 aliphatic carbocycles. The molecule has 0 bridgehead atoms. The zero-order chi connectivity index (χ0) is 13.8. The molecule has 0 spiro atoms. The SMILES string of the molecule is Cc1cccc(Oc2c(C)cccc2/C(N)=N/O)c1. The van der Waals surface area contributed by atoms with Crippen LogP contribution in [-0.2, 0) is 0 Å². The van der Waals surface area contributed by atoms with Crippen molar-refractivity contribution in [3.05, 3.63) is 59.2 Å². The maximum atomic E-state index is 8.82. The van der Waals surface area contributed by atoms with E-state index in [1.165, 1.54) is 0 Å². The summed E-state index contributed by atoms with van der Waals surface area (Å²) in [6.07, 6.45) is 0. The molecule has 0 radical (unpaired) electrons. The summed E-state index contributed by atoms with van der Waals surface area (Å²) < 4.78 is 5.87. The Kier molecular flexibility index (Phi) is 3.71. The van der Waals surface area contributed by atoms with Crippen LogP contribution in [0.5, 0.6) is 11.5 Å². The molecular weight excluding hydrogens is 240 g/mol. The minimum absolute atomic E-state index is 0.0337. The summed E-state index contributed by atoms with van der Waals surface area (Å²) in [6.45, 7) is 3.91. The first kappa shape index (κ1) is 13.0. The number of nitrogens with zero attached hydrogens (tertiary/aromatic N) is 1. The zero-order valence-corrected chi connectivity index (χ0v) is 10.9. The minimum atomic E-state index is 0.0337. The third kappa shape index (κ3) is 2.85. The molecular formula is C15H16N2O2. The fourth-order valence-corrected chi connectivity index (χ4v) is 1.84. The van der Waals surface area contributed by atoms with Crippen molar-refractivity contribution in [1.29, 1.82) is 0 Å². The van der Waals surface area contributed by atoms with Gasteiger partial charge in [-0.2, -0.15) is 0 Å². The molecule has 19 heavy (non-hydrogen) atoms. The van der Waals surface area contributed by atoms with Crippen LogP contribution >= 0.6 is 0 Å². The fraction of sp³-hybridized carbons (Fsp3) is 0.133. The van der Waals surface area contributed by atoms with Crippen LogP contribution in [-0.4, -0.2) is 11.0 Å². The number of benzene rings is 2. The zero-order valence-electron chi connectivity index (χ0n) is 10.9. The van der Waals surface area contributed by atoms with Gasteiger partial charge in [0, 0.05) is 0 Å². The van der Waals surface area contributed by atoms with Gasteiger partial charge >= 0.3 is 0 Å². The number of nitrogens with two attached hydrogens (primary N) is 1. The van der Waals surface area contributed by atoms with Gasteiger partial charge in [-0.15, -0.1) is 0 Å². The van der Waals surface area contributed by atoms with E-state index < -0.39 is 0 Å². The van der Waals surface area contributed by atoms with E-state index in [4.69, 9.17) is 15.7 Å². The molecule has 0 heterocycles. The predicted octanol–water partition coefficient (Wildman–Crippen LogP) is 3.19. The van der Waals surface area contributed by atoms with Gasteiger partial charge in [0.05, 0.1) is 5.56 Å². The van der Waals surface area contributed by atoms with Crippen molar-refractivity contribution in [1.82, 2.24) is 0 Å². The van der Waals surface area contributed by atoms with E-state index in [0.717, 1.165) is 16.9 Å². The molecule has 4 heteroatoms. The van der Waals surface area contributed by atoms with Crippen molar-refractivity contribution >= 4 is 5.84 Å². The number of rotatable bonds is 3. The second-order valence-electron chi connectivity index (χ2n) is 4.36. The molecule has 0 saturated heterocycles. The normalized spacial score (nSPS) is 11.4. The van der Waals surface area contributed by atoms with Crippen molar-refractivity contribution in [3.63, 3.8) is 0 Å². The van der Waals surface area contributed by atoms with Crippen molar-refractivity contribution in [3.8, 4) is 11.5 Å². The second-order valence-corrected chi connectivity index (χ2v) is 4.36. The number of hydrogen-bond acceptors (Lipinski definition) is 3. The van der Waals surface area contributed by atoms with Crippen molar-refractivity contribution in [2.75, 3.05) is 0 Å². The molecule has 0 saturated carbocycles. The molecule has 3 N–H and O–H groups in total. The van der Waals surface area contributed by atoms with Crippen molar-refractivity contribution in [2.45, 2.75) is 13.8 Å². The smallest absolute Gasteiger partial charge is 0.173 e. The summed E-state index contributed by atoms with van der Waals surface area (Å²) in [6, 6.07) is 13.2. The van der Waals surface area contributed by atoms with Gasteiger partial charge in [-0.3, -0.25) is 0 Å². The predicted molar refractivity (Wildman–Crippen MR) is 74.9 cm³/mol. The Morgan fingerprint density at radius 3 is 2.58 bits per heavy atom. The van der Waals surface area contributed by atoms with Crippen LogP contribution in [0.4, 0.5) is 0 Å². The largest absolute Gasteiger partial charge is 0.456 e. The van der Waals surface area contributed by atoms with E-state index in [2.05, 4.69) is 5.16 Å². The van der Waals surface area contributed by atoms with Crippen LogP contribution < -0.4 is 10.5 Å². The fourth-order valence-electron chi connectivity index (χ4n) is 1.84. The lowest BCUT2D eigenvalue weighted by Crippen LogP contribution is -2.14. The van der Waals surface area contributed by atoms with Gasteiger partial charge in [0.15, 0.2) is 5.84 Å². The third-order valence-electron chi connectivity index (χ3n) is 2.81. The molecule has 4 nitrogen and oxygen atoms in total. The maximum absolute atomic E-state index is 8.82. The number of oxime groups is 1. The number of ether oxygens (including phenoxy) is 1. The highest BCUT2D eigenvalue weighted by atomic mass is 16.5. The minimum Gasteiger partial charge on any atom is -0.456 e. The monoisotopic (exact) mass is 256 g/mol. The number of hydrogen-bond donors (Lipinski definition) is 2. The summed E-state index contributed by atoms with van der Waals surface area (Å²) in [4.78, 5) is 0. The summed E-state index contributed by atoms with van der Waals surface area (Å²) in [5.74, 6) is 1.36. The van der Waals surface area contributed by atoms with E-state index >= 15 is 0 Å². The van der Waals surface area contributed by atoms with Crippen LogP contribution in [0.15, 0.2) is 47.6 Å². The highest BCUT2D eigenvalue weighted by molar-refractivity contribution is 6.00. The van der Waals surface area contributed by atoms with Crippen LogP contribution in [0.25, 0.3) is 0 Å². The Bertz CT molecular complexity index is 621. The number of para-hydroxylation sites is 1. The van der Waals surface area contributed by atoms with E-state index in [1.54, 1.807) is 6.07 Å². The van der Waals surface area contributed by atoms with Crippen LogP contribution in [0.3, 0.4) is 0 Å². The molecule has 0 aliphatic rings. The van der Waals surface area contributed by atoms with Crippen molar-refractivity contribution < 1.29 is 9.94 Å². The molecule has 98 valence electrons. The molecule has 0 atom stereocenters. The average Bonchev–Trinajstić information content (AvgIpc) is 2.40. The molecule has 0 aliphatic heterocycles. The summed E-state index contributed by atoms with van der Waals surface area (Å²) in [7, 11) is 0. The Hall–Kier alpha value is -2.49. The first-order valence-electron chi connectivity index (χ1n) is 5.94. The molecule has 2 rings (SSSR count). The number of amidine groups is 1. The van der Waals surface area contributed by atoms with Gasteiger partial charge in [-0.25, -0.2) is 0 Å². The summed E-state index contributed by atoms with van der Waals surface area (Å²) in [5.41, 5.74) is 8.27. The second kappa shape index (κ2) is 5.44. The molecule has 0 fully saturated rings.